The molecule has 0 saturated carbocycles. The third kappa shape index (κ3) is 2.50. The van der Waals surface area contributed by atoms with Crippen molar-refractivity contribution in [2.24, 2.45) is 0 Å². The van der Waals surface area contributed by atoms with Crippen LogP contribution in [-0.2, 0) is 26.1 Å². The van der Waals surface area contributed by atoms with E-state index < -0.39 is 0 Å². The van der Waals surface area contributed by atoms with E-state index in [0.717, 1.165) is 67.1 Å². The Morgan fingerprint density at radius 2 is 2.00 bits per heavy atom. The van der Waals surface area contributed by atoms with Gasteiger partial charge in [-0.25, -0.2) is 9.97 Å². The molecule has 0 aliphatic carbocycles. The van der Waals surface area contributed by atoms with Crippen molar-refractivity contribution in [3.05, 3.63) is 41.0 Å². The van der Waals surface area contributed by atoms with Crippen molar-refractivity contribution in [3.8, 4) is 0 Å². The van der Waals surface area contributed by atoms with Gasteiger partial charge in [-0.05, 0) is 19.9 Å². The monoisotopic (exact) mass is 311 g/mol. The fourth-order valence-corrected chi connectivity index (χ4v) is 3.29. The first-order valence-electron chi connectivity index (χ1n) is 8.09. The lowest BCUT2D eigenvalue weighted by atomic mass is 10.3. The van der Waals surface area contributed by atoms with Gasteiger partial charge < -0.3 is 4.57 Å². The Bertz CT molecular complexity index is 861. The summed E-state index contributed by atoms with van der Waals surface area (Å²) in [7, 11) is 0. The second-order valence-corrected chi connectivity index (χ2v) is 6.19. The molecule has 0 N–H and O–H groups in total. The molecule has 7 nitrogen and oxygen atoms in total. The molecule has 0 atom stereocenters. The molecule has 7 heteroatoms. The van der Waals surface area contributed by atoms with Gasteiger partial charge in [0, 0.05) is 43.6 Å². The molecule has 1 aliphatic heterocycles. The highest BCUT2D eigenvalue weighted by atomic mass is 15.3. The maximum Gasteiger partial charge on any atom is 0.234 e. The van der Waals surface area contributed by atoms with Gasteiger partial charge in [0.2, 0.25) is 5.78 Å². The van der Waals surface area contributed by atoms with Crippen LogP contribution < -0.4 is 0 Å². The molecule has 4 rings (SSSR count). The molecule has 0 bridgehead atoms. The van der Waals surface area contributed by atoms with Crippen LogP contribution in [0.5, 0.6) is 0 Å². The van der Waals surface area contributed by atoms with E-state index >= 15 is 0 Å². The highest BCUT2D eigenvalue weighted by Gasteiger charge is 2.21. The van der Waals surface area contributed by atoms with E-state index in [4.69, 9.17) is 0 Å². The van der Waals surface area contributed by atoms with E-state index in [1.165, 1.54) is 0 Å². The minimum absolute atomic E-state index is 0.783. The maximum absolute atomic E-state index is 4.67. The lowest BCUT2D eigenvalue weighted by Crippen LogP contribution is -2.34. The largest absolute Gasteiger partial charge is 0.313 e. The zero-order chi connectivity index (χ0) is 16.0. The van der Waals surface area contributed by atoms with Crippen LogP contribution >= 0.6 is 0 Å². The molecule has 3 aromatic heterocycles. The first-order chi connectivity index (χ1) is 11.1. The van der Waals surface area contributed by atoms with E-state index in [0.29, 0.717) is 0 Å². The van der Waals surface area contributed by atoms with Crippen molar-refractivity contribution in [2.45, 2.75) is 46.8 Å². The van der Waals surface area contributed by atoms with Crippen LogP contribution in [0.1, 0.15) is 35.7 Å². The summed E-state index contributed by atoms with van der Waals surface area (Å²) in [6, 6.07) is 2.08. The first-order valence-corrected chi connectivity index (χ1v) is 8.09. The predicted molar refractivity (Wildman–Crippen MR) is 86.0 cm³/mol. The summed E-state index contributed by atoms with van der Waals surface area (Å²) in [5.41, 5.74) is 3.22. The molecule has 0 amide bonds. The summed E-state index contributed by atoms with van der Waals surface area (Å²) in [6.45, 7) is 9.81. The summed E-state index contributed by atoms with van der Waals surface area (Å²) >= 11 is 0. The Kier molecular flexibility index (Phi) is 3.37. The van der Waals surface area contributed by atoms with Crippen LogP contribution in [0.3, 0.4) is 0 Å². The lowest BCUT2D eigenvalue weighted by Gasteiger charge is -2.26. The summed E-state index contributed by atoms with van der Waals surface area (Å²) < 4.78 is 4.30. The number of fused-ring (bicyclic) bond motifs is 2. The molecule has 0 aromatic carbocycles. The molecular formula is C16H21N7. The van der Waals surface area contributed by atoms with Crippen molar-refractivity contribution in [3.63, 3.8) is 0 Å². The van der Waals surface area contributed by atoms with Crippen molar-refractivity contribution < 1.29 is 0 Å². The zero-order valence-corrected chi connectivity index (χ0v) is 13.8. The number of hydrogen-bond donors (Lipinski definition) is 0. The summed E-state index contributed by atoms with van der Waals surface area (Å²) in [4.78, 5) is 11.5. The van der Waals surface area contributed by atoms with Crippen LogP contribution in [0, 0.1) is 13.8 Å². The van der Waals surface area contributed by atoms with Crippen molar-refractivity contribution in [2.75, 3.05) is 6.54 Å². The highest BCUT2D eigenvalue weighted by Crippen LogP contribution is 2.16. The maximum atomic E-state index is 4.67. The SMILES string of the molecule is CCc1nnc2n1CCN(Cc1cn3c(C)cc(C)nc3n1)C2. The summed E-state index contributed by atoms with van der Waals surface area (Å²) in [5, 5.41) is 8.59. The minimum Gasteiger partial charge on any atom is -0.313 e. The van der Waals surface area contributed by atoms with E-state index in [-0.39, 0.29) is 0 Å². The second-order valence-electron chi connectivity index (χ2n) is 6.19. The van der Waals surface area contributed by atoms with Crippen LogP contribution in [0.4, 0.5) is 0 Å². The smallest absolute Gasteiger partial charge is 0.234 e. The van der Waals surface area contributed by atoms with Gasteiger partial charge >= 0.3 is 0 Å². The third-order valence-corrected chi connectivity index (χ3v) is 4.42. The molecule has 23 heavy (non-hydrogen) atoms. The minimum atomic E-state index is 0.783. The van der Waals surface area contributed by atoms with Gasteiger partial charge in [-0.3, -0.25) is 9.30 Å². The quantitative estimate of drug-likeness (QED) is 0.734. The number of hydrogen-bond acceptors (Lipinski definition) is 5. The van der Waals surface area contributed by atoms with E-state index in [1.807, 2.05) is 6.92 Å². The van der Waals surface area contributed by atoms with E-state index in [1.54, 1.807) is 0 Å². The van der Waals surface area contributed by atoms with Crippen LogP contribution in [0.25, 0.3) is 5.78 Å². The Balaban J connectivity index is 1.56. The molecule has 3 aromatic rings. The lowest BCUT2D eigenvalue weighted by molar-refractivity contribution is 0.205. The van der Waals surface area contributed by atoms with Gasteiger partial charge in [0.05, 0.1) is 12.2 Å². The highest BCUT2D eigenvalue weighted by molar-refractivity contribution is 5.34. The molecule has 4 heterocycles. The molecule has 0 fully saturated rings. The summed E-state index contributed by atoms with van der Waals surface area (Å²) in [6.07, 6.45) is 3.03. The fourth-order valence-electron chi connectivity index (χ4n) is 3.29. The Hall–Kier alpha value is -2.28. The zero-order valence-electron chi connectivity index (χ0n) is 13.8. The van der Waals surface area contributed by atoms with Crippen molar-refractivity contribution in [1.82, 2.24) is 34.0 Å². The van der Waals surface area contributed by atoms with Gasteiger partial charge in [-0.2, -0.15) is 0 Å². The Morgan fingerprint density at radius 1 is 1.13 bits per heavy atom. The Morgan fingerprint density at radius 3 is 2.83 bits per heavy atom. The first kappa shape index (κ1) is 14.3. The molecule has 0 spiro atoms. The van der Waals surface area contributed by atoms with E-state index in [9.17, 15) is 0 Å². The van der Waals surface area contributed by atoms with Gasteiger partial charge in [-0.15, -0.1) is 10.2 Å². The predicted octanol–water partition coefficient (Wildman–Crippen LogP) is 1.52. The average molecular weight is 311 g/mol. The van der Waals surface area contributed by atoms with Crippen molar-refractivity contribution in [1.29, 1.82) is 0 Å². The molecular weight excluding hydrogens is 290 g/mol. The number of imidazole rings is 1. The molecule has 1 aliphatic rings. The summed E-state index contributed by atoms with van der Waals surface area (Å²) in [5.74, 6) is 2.93. The van der Waals surface area contributed by atoms with Crippen LogP contribution in [0.2, 0.25) is 0 Å². The molecule has 0 saturated heterocycles. The van der Waals surface area contributed by atoms with Gasteiger partial charge in [0.1, 0.15) is 11.6 Å². The normalized spacial score (nSPS) is 15.3. The molecule has 120 valence electrons. The second kappa shape index (κ2) is 5.42. The number of nitrogens with zero attached hydrogens (tertiary/aromatic N) is 7. The molecule has 0 unspecified atom stereocenters. The van der Waals surface area contributed by atoms with Gasteiger partial charge in [0.15, 0.2) is 0 Å². The van der Waals surface area contributed by atoms with Crippen LogP contribution in [0.15, 0.2) is 12.3 Å². The van der Waals surface area contributed by atoms with Crippen molar-refractivity contribution >= 4 is 5.78 Å². The van der Waals surface area contributed by atoms with E-state index in [2.05, 4.69) is 60.1 Å². The fraction of sp³-hybridized carbons (Fsp3) is 0.500. The number of rotatable bonds is 3. The number of aryl methyl sites for hydroxylation is 3. The standard InChI is InChI=1S/C16H21N7/c1-4-14-19-20-15-10-21(5-6-22(14)15)8-13-9-23-12(3)7-11(2)17-16(23)18-13/h7,9H,4-6,8,10H2,1-3H3. The Labute approximate surface area is 135 Å². The molecule has 0 radical (unpaired) electrons. The van der Waals surface area contributed by atoms with Gasteiger partial charge in [-0.1, -0.05) is 6.92 Å². The van der Waals surface area contributed by atoms with Crippen LogP contribution in [-0.4, -0.2) is 40.6 Å². The number of aromatic nitrogens is 6. The third-order valence-electron chi connectivity index (χ3n) is 4.42. The van der Waals surface area contributed by atoms with Gasteiger partial charge in [0.25, 0.3) is 0 Å². The topological polar surface area (TPSA) is 64.1 Å². The average Bonchev–Trinajstić information content (AvgIpc) is 3.10.